The molecule has 8 heteroatoms. The molecule has 1 atom stereocenters. The minimum atomic E-state index is -1.24. The molecule has 130 valence electrons. The van der Waals surface area contributed by atoms with Gasteiger partial charge in [-0.15, -0.1) is 0 Å². The number of fused-ring (bicyclic) bond motifs is 2. The summed E-state index contributed by atoms with van der Waals surface area (Å²) in [5, 5.41) is 13.8. The SMILES string of the molecule is CC(=O)c1cccc2c1OB(O)[C@@H](NC(=O)c1c[nH]c3ncccc13)C2. The van der Waals surface area contributed by atoms with Crippen LogP contribution < -0.4 is 9.97 Å². The first-order valence-corrected chi connectivity index (χ1v) is 8.25. The first-order valence-electron chi connectivity index (χ1n) is 8.25. The Bertz CT molecular complexity index is 1020. The summed E-state index contributed by atoms with van der Waals surface area (Å²) in [6, 6.07) is 8.80. The summed E-state index contributed by atoms with van der Waals surface area (Å²) in [6.07, 6.45) is 3.59. The number of H-pyrrole nitrogens is 1. The normalized spacial score (nSPS) is 16.1. The standard InChI is InChI=1S/C18H16BN3O4/c1-10(23)12-5-2-4-11-8-15(19(25)26-16(11)12)22-18(24)14-9-21-17-13(14)6-3-7-20-17/h2-7,9,15,25H,8H2,1H3,(H,20,21)(H,22,24)/t15-/m0/s1. The van der Waals surface area contributed by atoms with Gasteiger partial charge in [0.2, 0.25) is 0 Å². The molecule has 1 aliphatic heterocycles. The maximum absolute atomic E-state index is 12.6. The van der Waals surface area contributed by atoms with E-state index in [2.05, 4.69) is 15.3 Å². The van der Waals surface area contributed by atoms with E-state index >= 15 is 0 Å². The first kappa shape index (κ1) is 16.3. The Labute approximate surface area is 149 Å². The largest absolute Gasteiger partial charge is 0.547 e. The van der Waals surface area contributed by atoms with E-state index in [-0.39, 0.29) is 11.7 Å². The Hall–Kier alpha value is -3.13. The molecule has 2 aromatic heterocycles. The van der Waals surface area contributed by atoms with Gasteiger partial charge >= 0.3 is 7.12 Å². The van der Waals surface area contributed by atoms with Gasteiger partial charge in [0.25, 0.3) is 5.91 Å². The van der Waals surface area contributed by atoms with Crippen molar-refractivity contribution in [2.75, 3.05) is 0 Å². The number of carbonyl (C=O) groups excluding carboxylic acids is 2. The maximum Gasteiger partial charge on any atom is 0.547 e. The van der Waals surface area contributed by atoms with E-state index in [4.69, 9.17) is 4.65 Å². The van der Waals surface area contributed by atoms with Crippen molar-refractivity contribution in [3.63, 3.8) is 0 Å². The molecule has 1 aromatic carbocycles. The van der Waals surface area contributed by atoms with Crippen LogP contribution in [-0.2, 0) is 6.42 Å². The fourth-order valence-corrected chi connectivity index (χ4v) is 3.21. The predicted molar refractivity (Wildman–Crippen MR) is 96.1 cm³/mol. The molecule has 0 aliphatic carbocycles. The molecule has 0 unspecified atom stereocenters. The number of benzene rings is 1. The molecule has 0 bridgehead atoms. The van der Waals surface area contributed by atoms with Gasteiger partial charge in [0, 0.05) is 17.8 Å². The van der Waals surface area contributed by atoms with Crippen molar-refractivity contribution >= 4 is 29.8 Å². The zero-order valence-electron chi connectivity index (χ0n) is 14.0. The van der Waals surface area contributed by atoms with Gasteiger partial charge in [-0.05, 0) is 37.1 Å². The van der Waals surface area contributed by atoms with Crippen LogP contribution in [0.25, 0.3) is 11.0 Å². The Morgan fingerprint density at radius 2 is 2.15 bits per heavy atom. The number of nitrogens with zero attached hydrogens (tertiary/aromatic N) is 1. The van der Waals surface area contributed by atoms with Crippen molar-refractivity contribution in [2.45, 2.75) is 19.3 Å². The number of hydrogen-bond acceptors (Lipinski definition) is 5. The van der Waals surface area contributed by atoms with E-state index < -0.39 is 13.1 Å². The number of amides is 1. The van der Waals surface area contributed by atoms with Crippen LogP contribution in [0.5, 0.6) is 5.75 Å². The maximum atomic E-state index is 12.6. The lowest BCUT2D eigenvalue weighted by atomic mass is 9.72. The van der Waals surface area contributed by atoms with Gasteiger partial charge in [0.15, 0.2) is 5.78 Å². The molecule has 1 amide bonds. The van der Waals surface area contributed by atoms with Crippen molar-refractivity contribution < 1.29 is 19.3 Å². The van der Waals surface area contributed by atoms with Crippen LogP contribution in [0.2, 0.25) is 0 Å². The smallest absolute Gasteiger partial charge is 0.534 e. The lowest BCUT2D eigenvalue weighted by molar-refractivity contribution is 0.0940. The minimum absolute atomic E-state index is 0.136. The van der Waals surface area contributed by atoms with Crippen LogP contribution in [0.1, 0.15) is 33.2 Å². The third kappa shape index (κ3) is 2.74. The molecular weight excluding hydrogens is 333 g/mol. The van der Waals surface area contributed by atoms with E-state index in [9.17, 15) is 14.6 Å². The second-order valence-corrected chi connectivity index (χ2v) is 6.24. The van der Waals surface area contributed by atoms with Crippen molar-refractivity contribution in [3.8, 4) is 5.75 Å². The summed E-state index contributed by atoms with van der Waals surface area (Å²) < 4.78 is 5.54. The quantitative estimate of drug-likeness (QED) is 0.491. The molecule has 0 saturated carbocycles. The highest BCUT2D eigenvalue weighted by molar-refractivity contribution is 6.47. The molecule has 0 spiro atoms. The number of nitrogens with one attached hydrogen (secondary N) is 2. The van der Waals surface area contributed by atoms with E-state index in [1.807, 2.05) is 6.07 Å². The van der Waals surface area contributed by atoms with Crippen LogP contribution in [0.15, 0.2) is 42.7 Å². The first-order chi connectivity index (χ1) is 12.5. The molecule has 4 rings (SSSR count). The number of para-hydroxylation sites is 1. The number of carbonyl (C=O) groups is 2. The molecule has 3 aromatic rings. The summed E-state index contributed by atoms with van der Waals surface area (Å²) in [5.41, 5.74) is 2.26. The van der Waals surface area contributed by atoms with Crippen LogP contribution in [0.4, 0.5) is 0 Å². The van der Waals surface area contributed by atoms with E-state index in [1.165, 1.54) is 6.92 Å². The summed E-state index contributed by atoms with van der Waals surface area (Å²) >= 11 is 0. The molecule has 0 radical (unpaired) electrons. The third-order valence-corrected chi connectivity index (χ3v) is 4.51. The molecule has 7 nitrogen and oxygen atoms in total. The van der Waals surface area contributed by atoms with Crippen LogP contribution in [-0.4, -0.2) is 39.7 Å². The highest BCUT2D eigenvalue weighted by Crippen LogP contribution is 2.30. The van der Waals surface area contributed by atoms with E-state index in [1.54, 1.807) is 36.7 Å². The number of ketones is 1. The van der Waals surface area contributed by atoms with Crippen molar-refractivity contribution in [1.29, 1.82) is 0 Å². The Balaban J connectivity index is 1.59. The fourth-order valence-electron chi connectivity index (χ4n) is 3.21. The second-order valence-electron chi connectivity index (χ2n) is 6.24. The Morgan fingerprint density at radius 3 is 2.96 bits per heavy atom. The van der Waals surface area contributed by atoms with Crippen molar-refractivity contribution in [3.05, 3.63) is 59.4 Å². The van der Waals surface area contributed by atoms with Crippen LogP contribution in [0.3, 0.4) is 0 Å². The highest BCUT2D eigenvalue weighted by atomic mass is 16.5. The summed E-state index contributed by atoms with van der Waals surface area (Å²) in [6.45, 7) is 1.45. The topological polar surface area (TPSA) is 104 Å². The van der Waals surface area contributed by atoms with Gasteiger partial charge in [-0.25, -0.2) is 4.98 Å². The zero-order valence-corrected chi connectivity index (χ0v) is 14.0. The lowest BCUT2D eigenvalue weighted by Gasteiger charge is -2.29. The second kappa shape index (κ2) is 6.31. The Kier molecular flexibility index (Phi) is 3.97. The van der Waals surface area contributed by atoms with Gasteiger partial charge in [0.1, 0.15) is 11.4 Å². The van der Waals surface area contributed by atoms with Gasteiger partial charge in [-0.1, -0.05) is 12.1 Å². The number of hydrogen-bond donors (Lipinski definition) is 3. The number of Topliss-reactive ketones (excluding diaryl/α,β-unsaturated/α-hetero) is 1. The Morgan fingerprint density at radius 1 is 1.31 bits per heavy atom. The summed E-state index contributed by atoms with van der Waals surface area (Å²) in [4.78, 5) is 31.5. The molecular formula is C18H16BN3O4. The summed E-state index contributed by atoms with van der Waals surface area (Å²) in [5.74, 6) is -0.709. The number of aromatic nitrogens is 2. The molecule has 0 fully saturated rings. The fraction of sp³-hybridized carbons (Fsp3) is 0.167. The average Bonchev–Trinajstić information content (AvgIpc) is 3.06. The zero-order chi connectivity index (χ0) is 18.3. The predicted octanol–water partition coefficient (Wildman–Crippen LogP) is 1.52. The molecule has 1 aliphatic rings. The van der Waals surface area contributed by atoms with Gasteiger partial charge < -0.3 is 20.0 Å². The molecule has 3 heterocycles. The van der Waals surface area contributed by atoms with E-state index in [0.717, 1.165) is 5.56 Å². The number of aromatic amines is 1. The molecule has 0 saturated heterocycles. The minimum Gasteiger partial charge on any atom is -0.534 e. The van der Waals surface area contributed by atoms with E-state index in [0.29, 0.717) is 34.3 Å². The van der Waals surface area contributed by atoms with Crippen molar-refractivity contribution in [2.24, 2.45) is 0 Å². The third-order valence-electron chi connectivity index (χ3n) is 4.51. The average molecular weight is 349 g/mol. The van der Waals surface area contributed by atoms with Crippen LogP contribution >= 0.6 is 0 Å². The number of rotatable bonds is 3. The van der Waals surface area contributed by atoms with Gasteiger partial charge in [-0.3, -0.25) is 9.59 Å². The highest BCUT2D eigenvalue weighted by Gasteiger charge is 2.37. The van der Waals surface area contributed by atoms with Crippen LogP contribution in [0, 0.1) is 0 Å². The van der Waals surface area contributed by atoms with Gasteiger partial charge in [0.05, 0.1) is 17.1 Å². The van der Waals surface area contributed by atoms with Crippen molar-refractivity contribution in [1.82, 2.24) is 15.3 Å². The monoisotopic (exact) mass is 349 g/mol. The summed E-state index contributed by atoms with van der Waals surface area (Å²) in [7, 11) is -1.24. The molecule has 3 N–H and O–H groups in total. The molecule has 26 heavy (non-hydrogen) atoms. The van der Waals surface area contributed by atoms with Gasteiger partial charge in [-0.2, -0.15) is 0 Å². The number of pyridine rings is 1. The lowest BCUT2D eigenvalue weighted by Crippen LogP contribution is -2.53.